The molecule has 9 nitrogen and oxygen atoms in total. The Kier molecular flexibility index (Phi) is 5.86. The van der Waals surface area contributed by atoms with Gasteiger partial charge in [-0.25, -0.2) is 8.42 Å². The van der Waals surface area contributed by atoms with Crippen LogP contribution < -0.4 is 14.8 Å². The fraction of sp³-hybridized carbons (Fsp3) is 0.316. The van der Waals surface area contributed by atoms with Crippen LogP contribution in [0.5, 0.6) is 11.5 Å². The molecule has 1 atom stereocenters. The number of nitrogens with one attached hydrogen (secondary N) is 1. The maximum atomic E-state index is 13.2. The predicted octanol–water partition coefficient (Wildman–Crippen LogP) is 2.11. The highest BCUT2D eigenvalue weighted by Crippen LogP contribution is 2.40. The van der Waals surface area contributed by atoms with Crippen LogP contribution >= 0.6 is 11.3 Å². The standard InChI is InChI=1S/C19H20N2O7S2/c1-10(22)20-17-16-12(8-29-17)18(23)21(19(16)24)13(9-30(4,25)26)11-5-6-14(27-2)15(7-11)28-3/h5-8,13H,9H2,1-4H3,(H,20,22). The van der Waals surface area contributed by atoms with Crippen LogP contribution in [0.15, 0.2) is 23.6 Å². The van der Waals surface area contributed by atoms with Crippen LogP contribution in [0.3, 0.4) is 0 Å². The number of methoxy groups -OCH3 is 2. The van der Waals surface area contributed by atoms with E-state index < -0.39 is 33.4 Å². The van der Waals surface area contributed by atoms with Gasteiger partial charge in [-0.3, -0.25) is 19.3 Å². The lowest BCUT2D eigenvalue weighted by atomic mass is 10.1. The van der Waals surface area contributed by atoms with Crippen molar-refractivity contribution in [3.8, 4) is 11.5 Å². The van der Waals surface area contributed by atoms with Gasteiger partial charge in [0.05, 0.1) is 37.1 Å². The van der Waals surface area contributed by atoms with Crippen LogP contribution in [-0.4, -0.2) is 57.3 Å². The number of sulfone groups is 1. The maximum Gasteiger partial charge on any atom is 0.265 e. The number of hydrogen-bond donors (Lipinski definition) is 1. The lowest BCUT2D eigenvalue weighted by molar-refractivity contribution is -0.114. The minimum absolute atomic E-state index is 0.0687. The molecule has 3 amide bonds. The van der Waals surface area contributed by atoms with Gasteiger partial charge in [-0.2, -0.15) is 0 Å². The SMILES string of the molecule is COc1ccc(C(CS(C)(=O)=O)N2C(=O)c3csc(NC(C)=O)c3C2=O)cc1OC. The first kappa shape index (κ1) is 21.8. The second kappa shape index (κ2) is 8.07. The highest BCUT2D eigenvalue weighted by atomic mass is 32.2. The zero-order valence-electron chi connectivity index (χ0n) is 16.7. The topological polar surface area (TPSA) is 119 Å². The smallest absolute Gasteiger partial charge is 0.265 e. The van der Waals surface area contributed by atoms with Crippen molar-refractivity contribution in [3.63, 3.8) is 0 Å². The van der Waals surface area contributed by atoms with Crippen LogP contribution in [0.4, 0.5) is 5.00 Å². The summed E-state index contributed by atoms with van der Waals surface area (Å²) >= 11 is 1.07. The molecule has 160 valence electrons. The van der Waals surface area contributed by atoms with E-state index in [-0.39, 0.29) is 22.0 Å². The van der Waals surface area contributed by atoms with Crippen molar-refractivity contribution >= 4 is 43.9 Å². The van der Waals surface area contributed by atoms with Gasteiger partial charge in [-0.15, -0.1) is 11.3 Å². The van der Waals surface area contributed by atoms with Gasteiger partial charge >= 0.3 is 0 Å². The molecule has 0 radical (unpaired) electrons. The molecule has 0 aliphatic carbocycles. The number of hydrogen-bond acceptors (Lipinski definition) is 8. The molecule has 1 aromatic heterocycles. The number of rotatable bonds is 7. The summed E-state index contributed by atoms with van der Waals surface area (Å²) < 4.78 is 34.7. The number of amides is 3. The number of ether oxygens (including phenoxy) is 2. The Morgan fingerprint density at radius 1 is 1.17 bits per heavy atom. The summed E-state index contributed by atoms with van der Waals surface area (Å²) in [6, 6.07) is 3.61. The van der Waals surface area contributed by atoms with Crippen molar-refractivity contribution in [3.05, 3.63) is 40.3 Å². The first-order valence-corrected chi connectivity index (χ1v) is 11.7. The van der Waals surface area contributed by atoms with E-state index in [4.69, 9.17) is 9.47 Å². The number of imide groups is 1. The molecular weight excluding hydrogens is 432 g/mol. The van der Waals surface area contributed by atoms with Crippen LogP contribution in [-0.2, 0) is 14.6 Å². The summed E-state index contributed by atoms with van der Waals surface area (Å²) in [6.45, 7) is 1.29. The van der Waals surface area contributed by atoms with Crippen molar-refractivity contribution in [2.24, 2.45) is 0 Å². The molecule has 2 heterocycles. The lowest BCUT2D eigenvalue weighted by Gasteiger charge is -2.27. The normalized spacial score (nSPS) is 14.5. The zero-order chi connectivity index (χ0) is 22.2. The zero-order valence-corrected chi connectivity index (χ0v) is 18.3. The first-order chi connectivity index (χ1) is 14.1. The fourth-order valence-electron chi connectivity index (χ4n) is 3.27. The number of carbonyl (C=O) groups excluding carboxylic acids is 3. The van der Waals surface area contributed by atoms with Crippen molar-refractivity contribution in [2.45, 2.75) is 13.0 Å². The molecule has 11 heteroatoms. The van der Waals surface area contributed by atoms with Crippen molar-refractivity contribution in [1.82, 2.24) is 4.90 Å². The molecular formula is C19H20N2O7S2. The first-order valence-electron chi connectivity index (χ1n) is 8.74. The van der Waals surface area contributed by atoms with Gasteiger partial charge in [-0.1, -0.05) is 6.07 Å². The highest BCUT2D eigenvalue weighted by Gasteiger charge is 2.44. The van der Waals surface area contributed by atoms with E-state index in [1.807, 2.05) is 0 Å². The largest absolute Gasteiger partial charge is 0.493 e. The molecule has 1 N–H and O–H groups in total. The van der Waals surface area contributed by atoms with Gasteiger partial charge in [0.2, 0.25) is 5.91 Å². The fourth-order valence-corrected chi connectivity index (χ4v) is 5.16. The van der Waals surface area contributed by atoms with Gasteiger partial charge in [-0.05, 0) is 17.7 Å². The Morgan fingerprint density at radius 3 is 2.40 bits per heavy atom. The van der Waals surface area contributed by atoms with Gasteiger partial charge in [0.1, 0.15) is 14.8 Å². The van der Waals surface area contributed by atoms with E-state index in [0.717, 1.165) is 22.5 Å². The molecule has 0 saturated heterocycles. The Labute approximate surface area is 177 Å². The number of carbonyl (C=O) groups is 3. The molecule has 0 fully saturated rings. The molecule has 0 spiro atoms. The molecule has 1 aliphatic rings. The number of fused-ring (bicyclic) bond motifs is 1. The molecule has 1 aromatic carbocycles. The maximum absolute atomic E-state index is 13.2. The van der Waals surface area contributed by atoms with Crippen LogP contribution in [0, 0.1) is 0 Å². The van der Waals surface area contributed by atoms with Gasteiger partial charge in [0.25, 0.3) is 11.8 Å². The van der Waals surface area contributed by atoms with Crippen LogP contribution in [0.2, 0.25) is 0 Å². The van der Waals surface area contributed by atoms with Crippen LogP contribution in [0.1, 0.15) is 39.2 Å². The minimum atomic E-state index is -3.58. The summed E-state index contributed by atoms with van der Waals surface area (Å²) in [5, 5.41) is 4.27. The molecule has 2 aromatic rings. The van der Waals surface area contributed by atoms with E-state index in [1.165, 1.54) is 32.6 Å². The Bertz CT molecular complexity index is 1140. The lowest BCUT2D eigenvalue weighted by Crippen LogP contribution is -2.38. The summed E-state index contributed by atoms with van der Waals surface area (Å²) in [5.74, 6) is -1.38. The molecule has 30 heavy (non-hydrogen) atoms. The summed E-state index contributed by atoms with van der Waals surface area (Å²) in [5.41, 5.74) is 0.599. The van der Waals surface area contributed by atoms with Crippen molar-refractivity contribution < 1.29 is 32.3 Å². The second-order valence-corrected chi connectivity index (χ2v) is 9.80. The third-order valence-electron chi connectivity index (χ3n) is 4.53. The molecule has 3 rings (SSSR count). The summed E-state index contributed by atoms with van der Waals surface area (Å²) in [6.07, 6.45) is 1.03. The third-order valence-corrected chi connectivity index (χ3v) is 6.34. The van der Waals surface area contributed by atoms with Gasteiger partial charge in [0.15, 0.2) is 11.5 Å². The van der Waals surface area contributed by atoms with E-state index in [2.05, 4.69) is 5.32 Å². The van der Waals surface area contributed by atoms with Crippen molar-refractivity contribution in [2.75, 3.05) is 31.5 Å². The summed E-state index contributed by atoms with van der Waals surface area (Å²) in [7, 11) is -0.690. The Hall–Kier alpha value is -2.92. The molecule has 1 aliphatic heterocycles. The number of nitrogens with zero attached hydrogens (tertiary/aromatic N) is 1. The monoisotopic (exact) mass is 452 g/mol. The molecule has 0 bridgehead atoms. The average Bonchev–Trinajstić information content (AvgIpc) is 3.18. The summed E-state index contributed by atoms with van der Waals surface area (Å²) in [4.78, 5) is 38.5. The molecule has 1 unspecified atom stereocenters. The van der Waals surface area contributed by atoms with E-state index in [1.54, 1.807) is 12.1 Å². The Balaban J connectivity index is 2.09. The number of benzene rings is 1. The predicted molar refractivity (Wildman–Crippen MR) is 111 cm³/mol. The van der Waals surface area contributed by atoms with Gasteiger partial charge < -0.3 is 14.8 Å². The molecule has 0 saturated carbocycles. The second-order valence-electron chi connectivity index (χ2n) is 6.74. The van der Waals surface area contributed by atoms with E-state index >= 15 is 0 Å². The number of anilines is 1. The Morgan fingerprint density at radius 2 is 1.83 bits per heavy atom. The van der Waals surface area contributed by atoms with E-state index in [9.17, 15) is 22.8 Å². The van der Waals surface area contributed by atoms with Gasteiger partial charge in [0, 0.05) is 18.6 Å². The highest BCUT2D eigenvalue weighted by molar-refractivity contribution is 7.90. The number of thiophene rings is 1. The van der Waals surface area contributed by atoms with Crippen molar-refractivity contribution in [1.29, 1.82) is 0 Å². The quantitative estimate of drug-likeness (QED) is 0.639. The third kappa shape index (κ3) is 4.03. The average molecular weight is 453 g/mol. The van der Waals surface area contributed by atoms with Crippen LogP contribution in [0.25, 0.3) is 0 Å². The minimum Gasteiger partial charge on any atom is -0.493 e. The van der Waals surface area contributed by atoms with E-state index in [0.29, 0.717) is 17.1 Å².